The molecule has 86 valence electrons. The number of hydrogen-bond donors (Lipinski definition) is 1. The first-order valence-corrected chi connectivity index (χ1v) is 6.68. The van der Waals surface area contributed by atoms with Crippen LogP contribution in [0.5, 0.6) is 0 Å². The summed E-state index contributed by atoms with van der Waals surface area (Å²) in [6.45, 7) is 5.17. The van der Waals surface area contributed by atoms with Gasteiger partial charge in [0.1, 0.15) is 10.7 Å². The molecule has 2 heterocycles. The number of nitrogens with zero attached hydrogens (tertiary/aromatic N) is 2. The summed E-state index contributed by atoms with van der Waals surface area (Å²) < 4.78 is 2.15. The summed E-state index contributed by atoms with van der Waals surface area (Å²) in [6.07, 6.45) is 4.14. The van der Waals surface area contributed by atoms with Crippen LogP contribution in [0.4, 0.5) is 0 Å². The molecule has 2 rings (SSSR count). The SMILES string of the molecule is CSc1nc2ccccn2c1CNC(C)C. The zero-order valence-corrected chi connectivity index (χ0v) is 10.7. The van der Waals surface area contributed by atoms with E-state index in [4.69, 9.17) is 0 Å². The van der Waals surface area contributed by atoms with Gasteiger partial charge < -0.3 is 9.72 Å². The average molecular weight is 235 g/mol. The van der Waals surface area contributed by atoms with Crippen LogP contribution in [0.15, 0.2) is 29.4 Å². The molecule has 0 spiro atoms. The summed E-state index contributed by atoms with van der Waals surface area (Å²) in [5, 5.41) is 4.55. The maximum atomic E-state index is 4.60. The third-order valence-corrected chi connectivity index (χ3v) is 3.18. The number of hydrogen-bond acceptors (Lipinski definition) is 3. The summed E-state index contributed by atoms with van der Waals surface area (Å²) in [4.78, 5) is 4.60. The van der Waals surface area contributed by atoms with E-state index in [1.54, 1.807) is 11.8 Å². The lowest BCUT2D eigenvalue weighted by Gasteiger charge is -2.08. The van der Waals surface area contributed by atoms with Crippen molar-refractivity contribution in [1.82, 2.24) is 14.7 Å². The number of aromatic nitrogens is 2. The Bertz CT molecular complexity index is 476. The lowest BCUT2D eigenvalue weighted by atomic mass is 10.3. The normalized spacial score (nSPS) is 11.5. The molecule has 0 aliphatic rings. The predicted octanol–water partition coefficient (Wildman–Crippen LogP) is 2.55. The van der Waals surface area contributed by atoms with Crippen molar-refractivity contribution in [2.24, 2.45) is 0 Å². The van der Waals surface area contributed by atoms with Crippen molar-refractivity contribution < 1.29 is 0 Å². The predicted molar refractivity (Wildman–Crippen MR) is 68.9 cm³/mol. The summed E-state index contributed by atoms with van der Waals surface area (Å²) >= 11 is 1.70. The minimum atomic E-state index is 0.490. The Kier molecular flexibility index (Phi) is 3.51. The smallest absolute Gasteiger partial charge is 0.138 e. The van der Waals surface area contributed by atoms with Gasteiger partial charge in [-0.05, 0) is 18.4 Å². The Morgan fingerprint density at radius 2 is 2.25 bits per heavy atom. The zero-order chi connectivity index (χ0) is 11.5. The van der Waals surface area contributed by atoms with Gasteiger partial charge in [-0.1, -0.05) is 19.9 Å². The molecule has 3 nitrogen and oxygen atoms in total. The second kappa shape index (κ2) is 4.89. The molecule has 0 aromatic carbocycles. The molecule has 0 aliphatic carbocycles. The number of rotatable bonds is 4. The fraction of sp³-hybridized carbons (Fsp3) is 0.417. The van der Waals surface area contributed by atoms with Crippen LogP contribution in [0.1, 0.15) is 19.5 Å². The highest BCUT2D eigenvalue weighted by atomic mass is 32.2. The summed E-state index contributed by atoms with van der Waals surface area (Å²) in [5.41, 5.74) is 2.27. The zero-order valence-electron chi connectivity index (χ0n) is 9.90. The topological polar surface area (TPSA) is 29.3 Å². The molecule has 0 aliphatic heterocycles. The Labute approximate surface area is 100 Å². The van der Waals surface area contributed by atoms with E-state index >= 15 is 0 Å². The summed E-state index contributed by atoms with van der Waals surface area (Å²) in [6, 6.07) is 6.59. The maximum Gasteiger partial charge on any atom is 0.138 e. The first-order chi connectivity index (χ1) is 7.72. The van der Waals surface area contributed by atoms with Crippen LogP contribution in [-0.2, 0) is 6.54 Å². The van der Waals surface area contributed by atoms with Gasteiger partial charge in [0.25, 0.3) is 0 Å². The van der Waals surface area contributed by atoms with Crippen molar-refractivity contribution in [2.45, 2.75) is 31.5 Å². The van der Waals surface area contributed by atoms with E-state index < -0.39 is 0 Å². The van der Waals surface area contributed by atoms with Gasteiger partial charge in [-0.15, -0.1) is 11.8 Å². The van der Waals surface area contributed by atoms with E-state index in [0.717, 1.165) is 17.2 Å². The molecular weight excluding hydrogens is 218 g/mol. The quantitative estimate of drug-likeness (QED) is 0.826. The van der Waals surface area contributed by atoms with Gasteiger partial charge in [-0.2, -0.15) is 0 Å². The molecule has 1 N–H and O–H groups in total. The molecule has 4 heteroatoms. The van der Waals surface area contributed by atoms with Crippen LogP contribution in [0.2, 0.25) is 0 Å². The van der Waals surface area contributed by atoms with E-state index in [1.165, 1.54) is 5.69 Å². The molecule has 0 saturated heterocycles. The summed E-state index contributed by atoms with van der Waals surface area (Å²) in [5.74, 6) is 0. The van der Waals surface area contributed by atoms with E-state index in [2.05, 4.69) is 41.0 Å². The monoisotopic (exact) mass is 235 g/mol. The van der Waals surface area contributed by atoms with Crippen molar-refractivity contribution >= 4 is 17.4 Å². The Hall–Kier alpha value is -1.00. The van der Waals surface area contributed by atoms with Crippen molar-refractivity contribution in [3.63, 3.8) is 0 Å². The van der Waals surface area contributed by atoms with E-state index in [1.807, 2.05) is 18.2 Å². The Morgan fingerprint density at radius 1 is 1.44 bits per heavy atom. The van der Waals surface area contributed by atoms with Crippen LogP contribution in [-0.4, -0.2) is 21.7 Å². The first-order valence-electron chi connectivity index (χ1n) is 5.45. The van der Waals surface area contributed by atoms with Gasteiger partial charge in [-0.25, -0.2) is 4.98 Å². The van der Waals surface area contributed by atoms with Gasteiger partial charge in [0, 0.05) is 18.8 Å². The molecule has 0 atom stereocenters. The van der Waals surface area contributed by atoms with Gasteiger partial charge in [0.15, 0.2) is 0 Å². The first kappa shape index (κ1) is 11.5. The average Bonchev–Trinajstić information content (AvgIpc) is 2.64. The van der Waals surface area contributed by atoms with E-state index in [0.29, 0.717) is 6.04 Å². The Morgan fingerprint density at radius 3 is 2.94 bits per heavy atom. The number of thioether (sulfide) groups is 1. The highest BCUT2D eigenvalue weighted by Crippen LogP contribution is 2.21. The number of imidazole rings is 1. The molecule has 0 fully saturated rings. The molecule has 0 radical (unpaired) electrons. The number of nitrogens with one attached hydrogen (secondary N) is 1. The van der Waals surface area contributed by atoms with Crippen molar-refractivity contribution in [3.8, 4) is 0 Å². The molecule has 0 amide bonds. The molecule has 2 aromatic heterocycles. The van der Waals surface area contributed by atoms with Gasteiger partial charge in [-0.3, -0.25) is 0 Å². The highest BCUT2D eigenvalue weighted by Gasteiger charge is 2.10. The molecule has 0 unspecified atom stereocenters. The second-order valence-electron chi connectivity index (χ2n) is 4.03. The van der Waals surface area contributed by atoms with Gasteiger partial charge >= 0.3 is 0 Å². The van der Waals surface area contributed by atoms with Crippen LogP contribution < -0.4 is 5.32 Å². The minimum Gasteiger partial charge on any atom is -0.309 e. The highest BCUT2D eigenvalue weighted by molar-refractivity contribution is 7.98. The molecule has 2 aromatic rings. The van der Waals surface area contributed by atoms with Crippen LogP contribution >= 0.6 is 11.8 Å². The van der Waals surface area contributed by atoms with Crippen molar-refractivity contribution in [1.29, 1.82) is 0 Å². The van der Waals surface area contributed by atoms with Crippen LogP contribution in [0.25, 0.3) is 5.65 Å². The van der Waals surface area contributed by atoms with E-state index in [9.17, 15) is 0 Å². The maximum absolute atomic E-state index is 4.60. The standard InChI is InChI=1S/C12H17N3S/c1-9(2)13-8-10-12(16-3)14-11-6-4-5-7-15(10)11/h4-7,9,13H,8H2,1-3H3. The third kappa shape index (κ3) is 2.23. The van der Waals surface area contributed by atoms with Crippen molar-refractivity contribution in [2.75, 3.05) is 6.26 Å². The number of fused-ring (bicyclic) bond motifs is 1. The number of pyridine rings is 1. The third-order valence-electron chi connectivity index (χ3n) is 2.46. The van der Waals surface area contributed by atoms with Crippen LogP contribution in [0.3, 0.4) is 0 Å². The van der Waals surface area contributed by atoms with Crippen LogP contribution in [0, 0.1) is 0 Å². The fourth-order valence-electron chi connectivity index (χ4n) is 1.65. The lowest BCUT2D eigenvalue weighted by Crippen LogP contribution is -2.22. The van der Waals surface area contributed by atoms with E-state index in [-0.39, 0.29) is 0 Å². The molecule has 0 saturated carbocycles. The lowest BCUT2D eigenvalue weighted by molar-refractivity contribution is 0.574. The van der Waals surface area contributed by atoms with Gasteiger partial charge in [0.05, 0.1) is 5.69 Å². The Balaban J connectivity index is 2.39. The fourth-order valence-corrected chi connectivity index (χ4v) is 2.24. The summed E-state index contributed by atoms with van der Waals surface area (Å²) in [7, 11) is 0. The largest absolute Gasteiger partial charge is 0.309 e. The molecule has 16 heavy (non-hydrogen) atoms. The van der Waals surface area contributed by atoms with Crippen molar-refractivity contribution in [3.05, 3.63) is 30.1 Å². The minimum absolute atomic E-state index is 0.490. The second-order valence-corrected chi connectivity index (χ2v) is 4.83. The molecule has 0 bridgehead atoms. The van der Waals surface area contributed by atoms with Gasteiger partial charge in [0.2, 0.25) is 0 Å². The molecular formula is C12H17N3S.